The molecule has 0 saturated heterocycles. The molecular weight excluding hydrogens is 467 g/mol. The summed E-state index contributed by atoms with van der Waals surface area (Å²) in [5.74, 6) is 1.27. The van der Waals surface area contributed by atoms with E-state index in [0.29, 0.717) is 23.6 Å². The van der Waals surface area contributed by atoms with E-state index < -0.39 is 0 Å². The number of hydrogen-bond acceptors (Lipinski definition) is 4. The van der Waals surface area contributed by atoms with E-state index in [1.165, 1.54) is 5.01 Å². The van der Waals surface area contributed by atoms with E-state index in [9.17, 15) is 4.79 Å². The third-order valence-corrected chi connectivity index (χ3v) is 4.86. The molecule has 1 amide bonds. The normalized spacial score (nSPS) is 15.4. The van der Waals surface area contributed by atoms with Gasteiger partial charge < -0.3 is 9.47 Å². The highest BCUT2D eigenvalue weighted by Gasteiger charge is 2.28. The molecule has 1 aliphatic heterocycles. The van der Waals surface area contributed by atoms with E-state index >= 15 is 0 Å². The fourth-order valence-corrected chi connectivity index (χ4v) is 3.63. The minimum atomic E-state index is -0.140. The minimum absolute atomic E-state index is 0.0437. The number of ether oxygens (including phenoxy) is 2. The van der Waals surface area contributed by atoms with Gasteiger partial charge in [0.05, 0.1) is 33.3 Å². The van der Waals surface area contributed by atoms with Crippen molar-refractivity contribution in [2.45, 2.75) is 33.8 Å². The van der Waals surface area contributed by atoms with E-state index in [1.54, 1.807) is 0 Å². The lowest BCUT2D eigenvalue weighted by molar-refractivity contribution is -0.114. The number of carbonyl (C=O) groups is 1. The van der Waals surface area contributed by atoms with Crippen molar-refractivity contribution < 1.29 is 14.3 Å². The van der Waals surface area contributed by atoms with E-state index in [4.69, 9.17) is 9.47 Å². The van der Waals surface area contributed by atoms with E-state index in [1.807, 2.05) is 76.2 Å². The number of para-hydroxylation sites is 1. The molecule has 0 bridgehead atoms. The molecule has 2 aromatic carbocycles. The number of hydrazone groups is 1. The molecule has 0 aromatic heterocycles. The lowest BCUT2D eigenvalue weighted by Crippen LogP contribution is -2.21. The second kappa shape index (κ2) is 8.77. The fraction of sp³-hybridized carbons (Fsp3) is 0.273. The Morgan fingerprint density at radius 2 is 1.93 bits per heavy atom. The van der Waals surface area contributed by atoms with Crippen LogP contribution in [-0.2, 0) is 4.79 Å². The van der Waals surface area contributed by atoms with Gasteiger partial charge in [0.2, 0.25) is 0 Å². The molecule has 3 rings (SSSR count). The van der Waals surface area contributed by atoms with Crippen molar-refractivity contribution in [1.82, 2.24) is 0 Å². The van der Waals surface area contributed by atoms with Crippen molar-refractivity contribution in [3.63, 3.8) is 0 Å². The Morgan fingerprint density at radius 1 is 1.21 bits per heavy atom. The van der Waals surface area contributed by atoms with E-state index in [-0.39, 0.29) is 12.0 Å². The Labute approximate surface area is 179 Å². The average Bonchev–Trinajstić information content (AvgIpc) is 2.93. The predicted molar refractivity (Wildman–Crippen MR) is 121 cm³/mol. The molecule has 2 aromatic rings. The number of anilines is 1. The molecule has 0 spiro atoms. The number of carbonyl (C=O) groups excluding carboxylic acids is 1. The highest BCUT2D eigenvalue weighted by molar-refractivity contribution is 14.1. The van der Waals surface area contributed by atoms with Gasteiger partial charge in [0, 0.05) is 0 Å². The van der Waals surface area contributed by atoms with Gasteiger partial charge in [-0.2, -0.15) is 10.1 Å². The van der Waals surface area contributed by atoms with E-state index in [2.05, 4.69) is 27.7 Å². The molecule has 0 unspecified atom stereocenters. The third kappa shape index (κ3) is 4.38. The van der Waals surface area contributed by atoms with Gasteiger partial charge in [-0.15, -0.1) is 0 Å². The van der Waals surface area contributed by atoms with Crippen molar-refractivity contribution in [3.05, 3.63) is 57.2 Å². The predicted octanol–water partition coefficient (Wildman–Crippen LogP) is 5.28. The fourth-order valence-electron chi connectivity index (χ4n) is 2.88. The van der Waals surface area contributed by atoms with Crippen molar-refractivity contribution in [3.8, 4) is 11.5 Å². The molecule has 6 heteroatoms. The van der Waals surface area contributed by atoms with Gasteiger partial charge in [-0.1, -0.05) is 18.2 Å². The van der Waals surface area contributed by atoms with Gasteiger partial charge in [0.1, 0.15) is 0 Å². The quantitative estimate of drug-likeness (QED) is 0.409. The summed E-state index contributed by atoms with van der Waals surface area (Å²) in [5.41, 5.74) is 2.88. The van der Waals surface area contributed by atoms with Gasteiger partial charge in [-0.3, -0.25) is 4.79 Å². The maximum absolute atomic E-state index is 12.9. The molecular formula is C22H23IN2O3. The van der Waals surface area contributed by atoms with Gasteiger partial charge in [-0.25, -0.2) is 0 Å². The molecule has 0 N–H and O–H groups in total. The van der Waals surface area contributed by atoms with Crippen LogP contribution < -0.4 is 14.5 Å². The largest absolute Gasteiger partial charge is 0.490 e. The van der Waals surface area contributed by atoms with Crippen molar-refractivity contribution >= 4 is 46.0 Å². The lowest BCUT2D eigenvalue weighted by atomic mass is 10.1. The summed E-state index contributed by atoms with van der Waals surface area (Å²) >= 11 is 2.24. The smallest absolute Gasteiger partial charge is 0.280 e. The molecule has 1 aliphatic rings. The first-order valence-electron chi connectivity index (χ1n) is 9.20. The third-order valence-electron chi connectivity index (χ3n) is 4.06. The minimum Gasteiger partial charge on any atom is -0.490 e. The van der Waals surface area contributed by atoms with Crippen LogP contribution in [0.1, 0.15) is 33.3 Å². The monoisotopic (exact) mass is 490 g/mol. The van der Waals surface area contributed by atoms with E-state index in [0.717, 1.165) is 20.6 Å². The molecule has 0 fully saturated rings. The summed E-state index contributed by atoms with van der Waals surface area (Å²) in [6.45, 7) is 8.28. The molecule has 0 aliphatic carbocycles. The Balaban J connectivity index is 1.97. The molecule has 0 atom stereocenters. The van der Waals surface area contributed by atoms with Gasteiger partial charge >= 0.3 is 0 Å². The number of nitrogens with zero attached hydrogens (tertiary/aromatic N) is 2. The van der Waals surface area contributed by atoms with Crippen LogP contribution in [0.2, 0.25) is 0 Å². The Morgan fingerprint density at radius 3 is 2.57 bits per heavy atom. The van der Waals surface area contributed by atoms with Crippen molar-refractivity contribution in [2.24, 2.45) is 5.10 Å². The zero-order chi connectivity index (χ0) is 20.3. The number of hydrogen-bond donors (Lipinski definition) is 0. The summed E-state index contributed by atoms with van der Waals surface area (Å²) in [7, 11) is 0. The summed E-state index contributed by atoms with van der Waals surface area (Å²) < 4.78 is 12.6. The van der Waals surface area contributed by atoms with Gasteiger partial charge in [-0.05, 0) is 86.2 Å². The van der Waals surface area contributed by atoms with Crippen LogP contribution >= 0.6 is 22.6 Å². The first-order valence-corrected chi connectivity index (χ1v) is 10.3. The van der Waals surface area contributed by atoms with Gasteiger partial charge in [0.25, 0.3) is 5.91 Å². The van der Waals surface area contributed by atoms with Crippen molar-refractivity contribution in [1.29, 1.82) is 0 Å². The zero-order valence-corrected chi connectivity index (χ0v) is 18.6. The number of halogens is 1. The highest BCUT2D eigenvalue weighted by Crippen LogP contribution is 2.36. The summed E-state index contributed by atoms with van der Waals surface area (Å²) in [4.78, 5) is 12.9. The van der Waals surface area contributed by atoms with Crippen LogP contribution in [0.5, 0.6) is 11.5 Å². The van der Waals surface area contributed by atoms with Crippen LogP contribution in [0.25, 0.3) is 6.08 Å². The Bertz CT molecular complexity index is 936. The first-order chi connectivity index (χ1) is 13.4. The maximum Gasteiger partial charge on any atom is 0.280 e. The first kappa shape index (κ1) is 20.4. The summed E-state index contributed by atoms with van der Waals surface area (Å²) in [6.07, 6.45) is 1.90. The second-order valence-corrected chi connectivity index (χ2v) is 7.79. The average molecular weight is 490 g/mol. The number of benzene rings is 2. The van der Waals surface area contributed by atoms with Crippen LogP contribution in [0.4, 0.5) is 5.69 Å². The molecule has 0 saturated carbocycles. The summed E-state index contributed by atoms with van der Waals surface area (Å²) in [5, 5.41) is 5.87. The Hall–Kier alpha value is -2.35. The van der Waals surface area contributed by atoms with Crippen LogP contribution in [0.3, 0.4) is 0 Å². The standard InChI is InChI=1S/C22H23IN2O3/c1-5-27-20-13-16(12-19(23)21(20)28-14(2)3)11-18-15(4)24-25(22(18)26)17-9-7-6-8-10-17/h6-14H,5H2,1-4H3. The molecule has 0 radical (unpaired) electrons. The van der Waals surface area contributed by atoms with Crippen LogP contribution in [-0.4, -0.2) is 24.3 Å². The van der Waals surface area contributed by atoms with Gasteiger partial charge in [0.15, 0.2) is 11.5 Å². The number of rotatable bonds is 6. The molecule has 5 nitrogen and oxygen atoms in total. The SMILES string of the molecule is CCOc1cc(C=C2C(=O)N(c3ccccc3)N=C2C)cc(I)c1OC(C)C. The second-order valence-electron chi connectivity index (χ2n) is 6.63. The summed E-state index contributed by atoms with van der Waals surface area (Å²) in [6, 6.07) is 13.3. The highest BCUT2D eigenvalue weighted by atomic mass is 127. The Kier molecular flexibility index (Phi) is 6.39. The number of amides is 1. The van der Waals surface area contributed by atoms with Crippen molar-refractivity contribution in [2.75, 3.05) is 11.6 Å². The molecule has 1 heterocycles. The topological polar surface area (TPSA) is 51.1 Å². The van der Waals surface area contributed by atoms with Crippen LogP contribution in [0, 0.1) is 3.57 Å². The van der Waals surface area contributed by atoms with Crippen LogP contribution in [0.15, 0.2) is 53.1 Å². The lowest BCUT2D eigenvalue weighted by Gasteiger charge is -2.17. The maximum atomic E-state index is 12.9. The molecule has 28 heavy (non-hydrogen) atoms. The zero-order valence-electron chi connectivity index (χ0n) is 16.4. The molecule has 146 valence electrons.